The van der Waals surface area contributed by atoms with Gasteiger partial charge in [0, 0.05) is 19.0 Å². The molecule has 1 fully saturated rings. The van der Waals surface area contributed by atoms with Gasteiger partial charge in [0.05, 0.1) is 17.8 Å². The molecule has 0 unspecified atom stereocenters. The molecule has 1 aromatic carbocycles. The van der Waals surface area contributed by atoms with Gasteiger partial charge in [0.15, 0.2) is 0 Å². The summed E-state index contributed by atoms with van der Waals surface area (Å²) in [4.78, 5) is 0. The van der Waals surface area contributed by atoms with Crippen molar-refractivity contribution in [3.63, 3.8) is 0 Å². The highest BCUT2D eigenvalue weighted by Crippen LogP contribution is 2.45. The zero-order chi connectivity index (χ0) is 13.8. The summed E-state index contributed by atoms with van der Waals surface area (Å²) in [6.45, 7) is 5.08. The minimum atomic E-state index is -4.32. The first-order valence-electron chi connectivity index (χ1n) is 6.36. The lowest BCUT2D eigenvalue weighted by atomic mass is 9.79. The number of hydrogen-bond donors (Lipinski definition) is 1. The normalized spacial score (nSPS) is 30.1. The summed E-state index contributed by atoms with van der Waals surface area (Å²) < 4.78 is 45.1. The Morgan fingerprint density at radius 1 is 1.37 bits per heavy atom. The van der Waals surface area contributed by atoms with E-state index in [1.165, 1.54) is 6.07 Å². The lowest BCUT2D eigenvalue weighted by molar-refractivity contribution is -0.141. The molecule has 19 heavy (non-hydrogen) atoms. The molecule has 0 saturated carbocycles. The Hall–Kier alpha value is -1.07. The van der Waals surface area contributed by atoms with Gasteiger partial charge in [-0.05, 0) is 31.0 Å². The van der Waals surface area contributed by atoms with Crippen LogP contribution >= 0.6 is 0 Å². The maximum Gasteiger partial charge on any atom is 0.416 e. The number of benzene rings is 1. The molecule has 1 aromatic rings. The number of alkyl halides is 3. The van der Waals surface area contributed by atoms with Crippen LogP contribution in [0.3, 0.4) is 0 Å². The predicted octanol–water partition coefficient (Wildman–Crippen LogP) is 2.99. The zero-order valence-corrected chi connectivity index (χ0v) is 10.9. The highest BCUT2D eigenvalue weighted by atomic mass is 19.4. The van der Waals surface area contributed by atoms with Crippen LogP contribution < -0.4 is 5.32 Å². The van der Waals surface area contributed by atoms with E-state index in [4.69, 9.17) is 4.74 Å². The zero-order valence-electron chi connectivity index (χ0n) is 10.9. The van der Waals surface area contributed by atoms with Crippen LogP contribution in [0.2, 0.25) is 0 Å². The van der Waals surface area contributed by atoms with Crippen molar-refractivity contribution in [2.75, 3.05) is 13.1 Å². The molecule has 2 aliphatic heterocycles. The maximum absolute atomic E-state index is 13.1. The number of rotatable bonds is 0. The summed E-state index contributed by atoms with van der Waals surface area (Å²) in [5.74, 6) is -0.00255. The molecular weight excluding hydrogens is 255 g/mol. The van der Waals surface area contributed by atoms with Crippen LogP contribution in [-0.4, -0.2) is 18.7 Å². The number of hydrogen-bond acceptors (Lipinski definition) is 2. The molecule has 5 heteroatoms. The van der Waals surface area contributed by atoms with Crippen LogP contribution in [0.4, 0.5) is 13.2 Å². The molecule has 0 radical (unpaired) electrons. The Balaban J connectivity index is 2.18. The van der Waals surface area contributed by atoms with Gasteiger partial charge in [-0.1, -0.05) is 11.6 Å². The fourth-order valence-electron chi connectivity index (χ4n) is 3.20. The second kappa shape index (κ2) is 3.96. The smallest absolute Gasteiger partial charge is 0.369 e. The van der Waals surface area contributed by atoms with Crippen molar-refractivity contribution < 1.29 is 17.9 Å². The third-order valence-corrected chi connectivity index (χ3v) is 4.22. The van der Waals surface area contributed by atoms with E-state index in [9.17, 15) is 13.2 Å². The summed E-state index contributed by atoms with van der Waals surface area (Å²) in [6.07, 6.45) is -4.32. The number of nitrogens with one attached hydrogen (secondary N) is 1. The molecule has 2 heterocycles. The van der Waals surface area contributed by atoms with E-state index in [-0.39, 0.29) is 18.1 Å². The lowest BCUT2D eigenvalue weighted by Crippen LogP contribution is -2.40. The van der Waals surface area contributed by atoms with Crippen molar-refractivity contribution in [3.05, 3.63) is 34.4 Å². The van der Waals surface area contributed by atoms with Gasteiger partial charge in [0.25, 0.3) is 0 Å². The van der Waals surface area contributed by atoms with Gasteiger partial charge in [-0.3, -0.25) is 0 Å². The second-order valence-electron chi connectivity index (χ2n) is 5.66. The number of ether oxygens (including phenoxy) is 1. The monoisotopic (exact) mass is 271 g/mol. The Morgan fingerprint density at radius 3 is 2.79 bits per heavy atom. The minimum Gasteiger partial charge on any atom is -0.369 e. The third-order valence-electron chi connectivity index (χ3n) is 4.22. The average Bonchev–Trinajstić information content (AvgIpc) is 2.69. The molecule has 1 N–H and O–H groups in total. The van der Waals surface area contributed by atoms with Crippen molar-refractivity contribution in [2.24, 2.45) is 0 Å². The molecule has 0 aromatic heterocycles. The molecular formula is C14H16F3NO. The van der Waals surface area contributed by atoms with Gasteiger partial charge in [-0.25, -0.2) is 0 Å². The average molecular weight is 271 g/mol. The van der Waals surface area contributed by atoms with E-state index in [1.54, 1.807) is 6.92 Å². The maximum atomic E-state index is 13.1. The molecule has 0 aliphatic carbocycles. The summed E-state index contributed by atoms with van der Waals surface area (Å²) in [5, 5.41) is 3.22. The van der Waals surface area contributed by atoms with Gasteiger partial charge in [0.1, 0.15) is 0 Å². The van der Waals surface area contributed by atoms with E-state index >= 15 is 0 Å². The number of halogens is 3. The van der Waals surface area contributed by atoms with Crippen LogP contribution in [0.5, 0.6) is 0 Å². The van der Waals surface area contributed by atoms with Crippen molar-refractivity contribution >= 4 is 0 Å². The Bertz CT molecular complexity index is 526. The first-order chi connectivity index (χ1) is 8.81. The molecule has 2 aliphatic rings. The van der Waals surface area contributed by atoms with Crippen molar-refractivity contribution in [1.29, 1.82) is 0 Å². The topological polar surface area (TPSA) is 21.3 Å². The molecule has 1 saturated heterocycles. The van der Waals surface area contributed by atoms with Crippen LogP contribution in [0.15, 0.2) is 12.1 Å². The molecule has 2 nitrogen and oxygen atoms in total. The van der Waals surface area contributed by atoms with E-state index in [2.05, 4.69) is 5.32 Å². The highest BCUT2D eigenvalue weighted by molar-refractivity contribution is 5.45. The van der Waals surface area contributed by atoms with Crippen molar-refractivity contribution in [1.82, 2.24) is 5.32 Å². The molecule has 2 atom stereocenters. The third kappa shape index (κ3) is 1.96. The Kier molecular flexibility index (Phi) is 2.70. The van der Waals surface area contributed by atoms with Crippen molar-refractivity contribution in [2.45, 2.75) is 38.1 Å². The first-order valence-corrected chi connectivity index (χ1v) is 6.36. The van der Waals surface area contributed by atoms with Crippen molar-refractivity contribution in [3.8, 4) is 0 Å². The Morgan fingerprint density at radius 2 is 2.11 bits per heavy atom. The van der Waals surface area contributed by atoms with Gasteiger partial charge in [-0.15, -0.1) is 0 Å². The summed E-state index contributed by atoms with van der Waals surface area (Å²) in [6, 6.07) is 3.09. The van der Waals surface area contributed by atoms with E-state index in [1.807, 2.05) is 13.0 Å². The SMILES string of the molecule is Cc1cc2c(c(C(F)(F)F)c1)CO[C@]1(C)CNC[C@H]21. The van der Waals surface area contributed by atoms with Gasteiger partial charge in [0.2, 0.25) is 0 Å². The number of fused-ring (bicyclic) bond motifs is 3. The van der Waals surface area contributed by atoms with E-state index in [0.717, 1.165) is 5.56 Å². The number of aryl methyl sites for hydroxylation is 1. The highest BCUT2D eigenvalue weighted by Gasteiger charge is 2.47. The summed E-state index contributed by atoms with van der Waals surface area (Å²) in [5.41, 5.74) is 0.831. The standard InChI is InChI=1S/C14H16F3NO/c1-8-3-9-10(11(4-8)14(15,16)17)6-19-13(2)7-18-5-12(9)13/h3-4,12,18H,5-7H2,1-2H3/t12-,13-/m1/s1. The lowest BCUT2D eigenvalue weighted by Gasteiger charge is -2.38. The quantitative estimate of drug-likeness (QED) is 0.783. The van der Waals surface area contributed by atoms with Gasteiger partial charge < -0.3 is 10.1 Å². The minimum absolute atomic E-state index is 0.00255. The molecule has 0 spiro atoms. The Labute approximate surface area is 109 Å². The van der Waals surface area contributed by atoms with Gasteiger partial charge in [-0.2, -0.15) is 13.2 Å². The van der Waals surface area contributed by atoms with Gasteiger partial charge >= 0.3 is 6.18 Å². The fourth-order valence-corrected chi connectivity index (χ4v) is 3.20. The molecule has 0 bridgehead atoms. The molecule has 3 rings (SSSR count). The van der Waals surface area contributed by atoms with E-state index in [0.29, 0.717) is 24.2 Å². The second-order valence-corrected chi connectivity index (χ2v) is 5.66. The van der Waals surface area contributed by atoms with Crippen LogP contribution in [0.25, 0.3) is 0 Å². The van der Waals surface area contributed by atoms with Crippen LogP contribution in [-0.2, 0) is 17.5 Å². The summed E-state index contributed by atoms with van der Waals surface area (Å²) >= 11 is 0. The fraction of sp³-hybridized carbons (Fsp3) is 0.571. The van der Waals surface area contributed by atoms with E-state index < -0.39 is 11.7 Å². The van der Waals surface area contributed by atoms with Crippen LogP contribution in [0, 0.1) is 6.92 Å². The van der Waals surface area contributed by atoms with Crippen LogP contribution in [0.1, 0.15) is 35.1 Å². The molecule has 104 valence electrons. The largest absolute Gasteiger partial charge is 0.416 e. The first kappa shape index (κ1) is 12.9. The summed E-state index contributed by atoms with van der Waals surface area (Å²) in [7, 11) is 0. The molecule has 0 amide bonds. The predicted molar refractivity (Wildman–Crippen MR) is 65.0 cm³/mol.